The molecule has 0 fully saturated rings. The van der Waals surface area contributed by atoms with Crippen LogP contribution in [0.25, 0.3) is 0 Å². The Morgan fingerprint density at radius 3 is 2.29 bits per heavy atom. The molecule has 2 aromatic carbocycles. The number of nitrogens with one attached hydrogen (secondary N) is 2. The Morgan fingerprint density at radius 1 is 0.929 bits per heavy atom. The Kier molecular flexibility index (Phi) is 6.97. The molecule has 2 amide bonds. The molecular formula is C20H22N2O6. The molecule has 0 saturated carbocycles. The fraction of sp³-hybridized carbons (Fsp3) is 0.250. The lowest BCUT2D eigenvalue weighted by molar-refractivity contribution is -0.119. The number of carbonyl (C=O) groups is 3. The summed E-state index contributed by atoms with van der Waals surface area (Å²) in [6.07, 6.45) is 0. The molecule has 0 atom stereocenters. The van der Waals surface area contributed by atoms with E-state index in [9.17, 15) is 14.4 Å². The van der Waals surface area contributed by atoms with Gasteiger partial charge in [-0.2, -0.15) is 0 Å². The van der Waals surface area contributed by atoms with Gasteiger partial charge >= 0.3 is 5.97 Å². The Bertz CT molecular complexity index is 894. The number of ether oxygens (including phenoxy) is 3. The lowest BCUT2D eigenvalue weighted by Gasteiger charge is -2.13. The summed E-state index contributed by atoms with van der Waals surface area (Å²) >= 11 is 0. The van der Waals surface area contributed by atoms with E-state index in [1.54, 1.807) is 36.4 Å². The van der Waals surface area contributed by atoms with E-state index in [2.05, 4.69) is 10.6 Å². The van der Waals surface area contributed by atoms with Gasteiger partial charge in [0.1, 0.15) is 11.5 Å². The Hall–Kier alpha value is -3.55. The van der Waals surface area contributed by atoms with Gasteiger partial charge in [0.05, 0.1) is 25.5 Å². The second-order valence-electron chi connectivity index (χ2n) is 5.90. The summed E-state index contributed by atoms with van der Waals surface area (Å²) < 4.78 is 15.4. The molecule has 0 spiro atoms. The number of amides is 2. The van der Waals surface area contributed by atoms with E-state index >= 15 is 0 Å². The first kappa shape index (κ1) is 20.8. The Balaban J connectivity index is 2.02. The molecule has 2 aromatic rings. The van der Waals surface area contributed by atoms with Gasteiger partial charge in [-0.25, -0.2) is 4.79 Å². The second kappa shape index (κ2) is 9.40. The molecule has 0 aliphatic carbocycles. The monoisotopic (exact) mass is 386 g/mol. The number of methoxy groups -OCH3 is 2. The minimum absolute atomic E-state index is 0.245. The van der Waals surface area contributed by atoms with E-state index < -0.39 is 18.5 Å². The maximum Gasteiger partial charge on any atom is 0.338 e. The van der Waals surface area contributed by atoms with Crippen LogP contribution in [-0.2, 0) is 14.3 Å². The molecule has 8 heteroatoms. The van der Waals surface area contributed by atoms with Gasteiger partial charge < -0.3 is 24.8 Å². The van der Waals surface area contributed by atoms with E-state index in [1.165, 1.54) is 21.1 Å². The fourth-order valence-corrected chi connectivity index (χ4v) is 2.43. The van der Waals surface area contributed by atoms with E-state index in [0.717, 1.165) is 5.56 Å². The summed E-state index contributed by atoms with van der Waals surface area (Å²) in [7, 11) is 2.96. The highest BCUT2D eigenvalue weighted by Gasteiger charge is 2.14. The van der Waals surface area contributed by atoms with Crippen LogP contribution in [0.4, 0.5) is 11.4 Å². The van der Waals surface area contributed by atoms with Gasteiger partial charge in [-0.1, -0.05) is 6.07 Å². The number of aryl methyl sites for hydroxylation is 1. The van der Waals surface area contributed by atoms with Gasteiger partial charge in [0, 0.05) is 12.6 Å². The third-order valence-electron chi connectivity index (χ3n) is 3.77. The molecule has 0 radical (unpaired) electrons. The van der Waals surface area contributed by atoms with Crippen molar-refractivity contribution < 1.29 is 28.6 Å². The van der Waals surface area contributed by atoms with Crippen LogP contribution in [0.3, 0.4) is 0 Å². The van der Waals surface area contributed by atoms with Gasteiger partial charge in [0.25, 0.3) is 5.91 Å². The highest BCUT2D eigenvalue weighted by molar-refractivity contribution is 5.97. The van der Waals surface area contributed by atoms with Crippen LogP contribution >= 0.6 is 0 Å². The Morgan fingerprint density at radius 2 is 1.64 bits per heavy atom. The standard InChI is InChI=1S/C20H22N2O6/c1-12-5-6-14(9-18(12)27-4)20(25)28-11-19(24)22-16-10-15(21-13(2)23)7-8-17(16)26-3/h5-10H,11H2,1-4H3,(H,21,23)(H,22,24). The molecule has 0 unspecified atom stereocenters. The van der Waals surface area contributed by atoms with Crippen LogP contribution in [0, 0.1) is 6.92 Å². The highest BCUT2D eigenvalue weighted by atomic mass is 16.5. The van der Waals surface area contributed by atoms with Crippen molar-refractivity contribution in [3.63, 3.8) is 0 Å². The van der Waals surface area contributed by atoms with Gasteiger partial charge in [-0.15, -0.1) is 0 Å². The quantitative estimate of drug-likeness (QED) is 0.710. The van der Waals surface area contributed by atoms with Crippen molar-refractivity contribution >= 4 is 29.2 Å². The van der Waals surface area contributed by atoms with Crippen molar-refractivity contribution in [2.45, 2.75) is 13.8 Å². The summed E-state index contributed by atoms with van der Waals surface area (Å²) in [5, 5.41) is 5.21. The van der Waals surface area contributed by atoms with Crippen molar-refractivity contribution in [2.24, 2.45) is 0 Å². The van der Waals surface area contributed by atoms with Gasteiger partial charge in [-0.3, -0.25) is 9.59 Å². The van der Waals surface area contributed by atoms with Gasteiger partial charge in [0.15, 0.2) is 6.61 Å². The molecule has 0 aromatic heterocycles. The maximum atomic E-state index is 12.2. The van der Waals surface area contributed by atoms with Crippen LogP contribution in [-0.4, -0.2) is 38.6 Å². The molecule has 0 saturated heterocycles. The molecule has 2 rings (SSSR count). The number of carbonyl (C=O) groups excluding carboxylic acids is 3. The first-order chi connectivity index (χ1) is 13.3. The Labute approximate surface area is 162 Å². The molecular weight excluding hydrogens is 364 g/mol. The van der Waals surface area contributed by atoms with Crippen molar-refractivity contribution in [1.82, 2.24) is 0 Å². The van der Waals surface area contributed by atoms with Gasteiger partial charge in [0.2, 0.25) is 5.91 Å². The minimum atomic E-state index is -0.646. The zero-order valence-corrected chi connectivity index (χ0v) is 16.1. The highest BCUT2D eigenvalue weighted by Crippen LogP contribution is 2.28. The fourth-order valence-electron chi connectivity index (χ4n) is 2.43. The molecule has 28 heavy (non-hydrogen) atoms. The lowest BCUT2D eigenvalue weighted by atomic mass is 10.1. The average molecular weight is 386 g/mol. The summed E-state index contributed by atoms with van der Waals surface area (Å²) in [4.78, 5) is 35.5. The molecule has 8 nitrogen and oxygen atoms in total. The number of hydrogen-bond acceptors (Lipinski definition) is 6. The average Bonchev–Trinajstić information content (AvgIpc) is 2.66. The topological polar surface area (TPSA) is 103 Å². The van der Waals surface area contributed by atoms with Crippen LogP contribution in [0.5, 0.6) is 11.5 Å². The van der Waals surface area contributed by atoms with E-state index in [1.807, 2.05) is 6.92 Å². The largest absolute Gasteiger partial charge is 0.496 e. The SMILES string of the molecule is COc1cc(C(=O)OCC(=O)Nc2cc(NC(C)=O)ccc2OC)ccc1C. The van der Waals surface area contributed by atoms with Crippen LogP contribution in [0.2, 0.25) is 0 Å². The zero-order chi connectivity index (χ0) is 20.7. The van der Waals surface area contributed by atoms with Crippen LogP contribution < -0.4 is 20.1 Å². The van der Waals surface area contributed by atoms with Crippen molar-refractivity contribution in [3.8, 4) is 11.5 Å². The molecule has 0 heterocycles. The number of anilines is 2. The summed E-state index contributed by atoms with van der Waals surface area (Å²) in [5.74, 6) is -0.488. The van der Waals surface area contributed by atoms with Gasteiger partial charge in [-0.05, 0) is 42.8 Å². The lowest BCUT2D eigenvalue weighted by Crippen LogP contribution is -2.21. The van der Waals surface area contributed by atoms with E-state index in [0.29, 0.717) is 22.9 Å². The number of benzene rings is 2. The van der Waals surface area contributed by atoms with E-state index in [4.69, 9.17) is 14.2 Å². The predicted octanol–water partition coefficient (Wildman–Crippen LogP) is 2.77. The zero-order valence-electron chi connectivity index (χ0n) is 16.1. The first-order valence-corrected chi connectivity index (χ1v) is 8.41. The van der Waals surface area contributed by atoms with Crippen molar-refractivity contribution in [3.05, 3.63) is 47.5 Å². The second-order valence-corrected chi connectivity index (χ2v) is 5.90. The van der Waals surface area contributed by atoms with Crippen molar-refractivity contribution in [2.75, 3.05) is 31.5 Å². The smallest absolute Gasteiger partial charge is 0.338 e. The molecule has 2 N–H and O–H groups in total. The number of hydrogen-bond donors (Lipinski definition) is 2. The van der Waals surface area contributed by atoms with Crippen molar-refractivity contribution in [1.29, 1.82) is 0 Å². The summed E-state index contributed by atoms with van der Waals surface area (Å²) in [6, 6.07) is 9.67. The third-order valence-corrected chi connectivity index (χ3v) is 3.77. The number of rotatable bonds is 7. The summed E-state index contributed by atoms with van der Waals surface area (Å²) in [6.45, 7) is 2.74. The van der Waals surface area contributed by atoms with Crippen LogP contribution in [0.15, 0.2) is 36.4 Å². The van der Waals surface area contributed by atoms with Crippen LogP contribution in [0.1, 0.15) is 22.8 Å². The normalized spacial score (nSPS) is 10.0. The number of esters is 1. The molecule has 0 aliphatic heterocycles. The molecule has 0 bridgehead atoms. The molecule has 148 valence electrons. The predicted molar refractivity (Wildman–Crippen MR) is 104 cm³/mol. The first-order valence-electron chi connectivity index (χ1n) is 8.41. The third kappa shape index (κ3) is 5.47. The maximum absolute atomic E-state index is 12.2. The van der Waals surface area contributed by atoms with E-state index in [-0.39, 0.29) is 11.5 Å². The summed E-state index contributed by atoms with van der Waals surface area (Å²) in [5.41, 5.74) is 1.99. The molecule has 0 aliphatic rings. The minimum Gasteiger partial charge on any atom is -0.496 e.